The van der Waals surface area contributed by atoms with Crippen molar-refractivity contribution < 1.29 is 9.47 Å². The first-order valence-corrected chi connectivity index (χ1v) is 10.6. The van der Waals surface area contributed by atoms with Gasteiger partial charge in [-0.3, -0.25) is 4.99 Å². The number of ether oxygens (including phenoxy) is 2. The summed E-state index contributed by atoms with van der Waals surface area (Å²) in [6.07, 6.45) is 1.17. The van der Waals surface area contributed by atoms with Crippen molar-refractivity contribution in [1.29, 1.82) is 0 Å². The van der Waals surface area contributed by atoms with Crippen LogP contribution in [0, 0.1) is 5.92 Å². The normalized spacial score (nSPS) is 16.5. The van der Waals surface area contributed by atoms with Gasteiger partial charge in [0.15, 0.2) is 5.96 Å². The van der Waals surface area contributed by atoms with Gasteiger partial charge in [0, 0.05) is 57.1 Å². The van der Waals surface area contributed by atoms with E-state index in [9.17, 15) is 0 Å². The van der Waals surface area contributed by atoms with Crippen LogP contribution in [-0.4, -0.2) is 58.3 Å². The monoisotopic (exact) mass is 410 g/mol. The fourth-order valence-electron chi connectivity index (χ4n) is 3.85. The van der Waals surface area contributed by atoms with Crippen LogP contribution in [0.5, 0.6) is 11.5 Å². The lowest BCUT2D eigenvalue weighted by Gasteiger charge is -2.24. The van der Waals surface area contributed by atoms with Crippen LogP contribution in [0.2, 0.25) is 0 Å². The molecule has 0 aliphatic carbocycles. The molecular formula is C24H34N4O2. The third-order valence-electron chi connectivity index (χ3n) is 5.50. The molecule has 1 aliphatic rings. The molecule has 30 heavy (non-hydrogen) atoms. The Labute approximate surface area is 180 Å². The lowest BCUT2D eigenvalue weighted by molar-refractivity contribution is 0.382. The number of benzene rings is 2. The number of hydrogen-bond donors (Lipinski definition) is 1. The Morgan fingerprint density at radius 3 is 2.67 bits per heavy atom. The third-order valence-corrected chi connectivity index (χ3v) is 5.50. The second-order valence-corrected chi connectivity index (χ2v) is 7.66. The summed E-state index contributed by atoms with van der Waals surface area (Å²) in [5.74, 6) is 3.12. The number of para-hydroxylation sites is 1. The highest BCUT2D eigenvalue weighted by molar-refractivity contribution is 5.79. The third kappa shape index (κ3) is 5.59. The van der Waals surface area contributed by atoms with Gasteiger partial charge in [0.2, 0.25) is 0 Å². The Morgan fingerprint density at radius 1 is 1.17 bits per heavy atom. The maximum atomic E-state index is 5.55. The maximum Gasteiger partial charge on any atom is 0.193 e. The molecule has 1 unspecified atom stereocenters. The molecule has 0 amide bonds. The lowest BCUT2D eigenvalue weighted by atomic mass is 10.1. The largest absolute Gasteiger partial charge is 0.497 e. The molecule has 1 saturated heterocycles. The van der Waals surface area contributed by atoms with Crippen molar-refractivity contribution in [3.8, 4) is 11.5 Å². The fraction of sp³-hybridized carbons (Fsp3) is 0.458. The van der Waals surface area contributed by atoms with Gasteiger partial charge >= 0.3 is 0 Å². The van der Waals surface area contributed by atoms with Gasteiger partial charge in [-0.05, 0) is 43.5 Å². The second-order valence-electron chi connectivity index (χ2n) is 7.66. The van der Waals surface area contributed by atoms with Gasteiger partial charge in [0.25, 0.3) is 0 Å². The molecule has 1 aliphatic heterocycles. The van der Waals surface area contributed by atoms with Gasteiger partial charge in [-0.25, -0.2) is 0 Å². The highest BCUT2D eigenvalue weighted by atomic mass is 16.5. The maximum absolute atomic E-state index is 5.55. The Hall–Kier alpha value is -2.89. The predicted molar refractivity (Wildman–Crippen MR) is 124 cm³/mol. The molecule has 3 rings (SSSR count). The molecule has 0 spiro atoms. The van der Waals surface area contributed by atoms with Crippen molar-refractivity contribution in [3.63, 3.8) is 0 Å². The highest BCUT2D eigenvalue weighted by Crippen LogP contribution is 2.26. The van der Waals surface area contributed by atoms with E-state index in [0.29, 0.717) is 12.5 Å². The van der Waals surface area contributed by atoms with Crippen LogP contribution < -0.4 is 19.7 Å². The standard InChI is InChI=1S/C24H34N4O2/c1-5-25-24(27(2)18-20-11-12-22(29-3)15-23(20)30-4)26-16-19-13-14-28(17-19)21-9-7-6-8-10-21/h6-12,15,19H,5,13-14,16-18H2,1-4H3,(H,25,26). The van der Waals surface area contributed by atoms with E-state index in [0.717, 1.165) is 49.2 Å². The summed E-state index contributed by atoms with van der Waals surface area (Å²) in [6.45, 7) is 6.63. The lowest BCUT2D eigenvalue weighted by Crippen LogP contribution is -2.39. The molecule has 1 atom stereocenters. The molecule has 1 fully saturated rings. The van der Waals surface area contributed by atoms with Crippen LogP contribution in [0.4, 0.5) is 5.69 Å². The first-order chi connectivity index (χ1) is 14.6. The number of rotatable bonds is 8. The molecule has 162 valence electrons. The zero-order valence-electron chi connectivity index (χ0n) is 18.6. The molecule has 0 saturated carbocycles. The fourth-order valence-corrected chi connectivity index (χ4v) is 3.85. The van der Waals surface area contributed by atoms with Gasteiger partial charge in [-0.15, -0.1) is 0 Å². The first-order valence-electron chi connectivity index (χ1n) is 10.6. The summed E-state index contributed by atoms with van der Waals surface area (Å²) in [5, 5.41) is 3.43. The van der Waals surface area contributed by atoms with E-state index in [-0.39, 0.29) is 0 Å². The van der Waals surface area contributed by atoms with E-state index in [1.54, 1.807) is 14.2 Å². The van der Waals surface area contributed by atoms with Crippen molar-refractivity contribution >= 4 is 11.6 Å². The smallest absolute Gasteiger partial charge is 0.193 e. The van der Waals surface area contributed by atoms with Gasteiger partial charge in [0.1, 0.15) is 11.5 Å². The second kappa shape index (κ2) is 10.8. The molecule has 2 aromatic carbocycles. The van der Waals surface area contributed by atoms with Crippen LogP contribution in [0.1, 0.15) is 18.9 Å². The Bertz CT molecular complexity index is 825. The van der Waals surface area contributed by atoms with E-state index in [2.05, 4.69) is 59.4 Å². The number of aliphatic imine (C=N–C) groups is 1. The van der Waals surface area contributed by atoms with Crippen molar-refractivity contribution in [3.05, 3.63) is 54.1 Å². The first kappa shape index (κ1) is 21.8. The minimum Gasteiger partial charge on any atom is -0.497 e. The zero-order chi connectivity index (χ0) is 21.3. The molecule has 2 aromatic rings. The molecule has 6 nitrogen and oxygen atoms in total. The molecule has 0 bridgehead atoms. The molecule has 1 heterocycles. The van der Waals surface area contributed by atoms with Crippen molar-refractivity contribution in [2.24, 2.45) is 10.9 Å². The summed E-state index contributed by atoms with van der Waals surface area (Å²) >= 11 is 0. The predicted octanol–water partition coefficient (Wildman–Crippen LogP) is 3.63. The van der Waals surface area contributed by atoms with Gasteiger partial charge in [0.05, 0.1) is 14.2 Å². The average Bonchev–Trinajstić information content (AvgIpc) is 3.26. The molecule has 0 aromatic heterocycles. The van der Waals surface area contributed by atoms with Crippen molar-refractivity contribution in [1.82, 2.24) is 10.2 Å². The molecule has 6 heteroatoms. The van der Waals surface area contributed by atoms with E-state index in [4.69, 9.17) is 14.5 Å². The minimum absolute atomic E-state index is 0.572. The summed E-state index contributed by atoms with van der Waals surface area (Å²) in [5.41, 5.74) is 2.40. The van der Waals surface area contributed by atoms with Crippen LogP contribution >= 0.6 is 0 Å². The molecular weight excluding hydrogens is 376 g/mol. The van der Waals surface area contributed by atoms with Gasteiger partial charge in [-0.2, -0.15) is 0 Å². The summed E-state index contributed by atoms with van der Waals surface area (Å²) in [4.78, 5) is 9.56. The number of nitrogens with zero attached hydrogens (tertiary/aromatic N) is 3. The summed E-state index contributed by atoms with van der Waals surface area (Å²) < 4.78 is 10.9. The Morgan fingerprint density at radius 2 is 1.97 bits per heavy atom. The zero-order valence-corrected chi connectivity index (χ0v) is 18.6. The van der Waals surface area contributed by atoms with E-state index < -0.39 is 0 Å². The number of nitrogens with one attached hydrogen (secondary N) is 1. The summed E-state index contributed by atoms with van der Waals surface area (Å²) in [6, 6.07) is 16.6. The number of hydrogen-bond acceptors (Lipinski definition) is 4. The topological polar surface area (TPSA) is 49.3 Å². The van der Waals surface area contributed by atoms with Gasteiger partial charge in [-0.1, -0.05) is 18.2 Å². The minimum atomic E-state index is 0.572. The quantitative estimate of drug-likeness (QED) is 0.532. The van der Waals surface area contributed by atoms with Crippen molar-refractivity contribution in [2.75, 3.05) is 52.3 Å². The van der Waals surface area contributed by atoms with Gasteiger partial charge < -0.3 is 24.6 Å². The van der Waals surface area contributed by atoms with E-state index in [1.165, 1.54) is 12.1 Å². The molecule has 0 radical (unpaired) electrons. The van der Waals surface area contributed by atoms with E-state index in [1.807, 2.05) is 18.2 Å². The summed E-state index contributed by atoms with van der Waals surface area (Å²) in [7, 11) is 5.42. The average molecular weight is 411 g/mol. The number of anilines is 1. The molecule has 1 N–H and O–H groups in total. The van der Waals surface area contributed by atoms with Crippen LogP contribution in [-0.2, 0) is 6.54 Å². The highest BCUT2D eigenvalue weighted by Gasteiger charge is 2.22. The number of guanidine groups is 1. The van der Waals surface area contributed by atoms with Crippen LogP contribution in [0.3, 0.4) is 0 Å². The number of methoxy groups -OCH3 is 2. The van der Waals surface area contributed by atoms with Crippen LogP contribution in [0.15, 0.2) is 53.5 Å². The Balaban J connectivity index is 1.63. The SMILES string of the molecule is CCNC(=NCC1CCN(c2ccccc2)C1)N(C)Cc1ccc(OC)cc1OC. The Kier molecular flexibility index (Phi) is 7.82. The van der Waals surface area contributed by atoms with Crippen LogP contribution in [0.25, 0.3) is 0 Å². The van der Waals surface area contributed by atoms with E-state index >= 15 is 0 Å². The van der Waals surface area contributed by atoms with Crippen molar-refractivity contribution in [2.45, 2.75) is 19.9 Å².